The van der Waals surface area contributed by atoms with E-state index >= 15 is 0 Å². The lowest BCUT2D eigenvalue weighted by molar-refractivity contribution is -0.385. The minimum atomic E-state index is -4.09. The lowest BCUT2D eigenvalue weighted by atomic mass is 10.1. The number of rotatable bonds is 2. The van der Waals surface area contributed by atoms with Crippen LogP contribution >= 0.6 is 0 Å². The number of fused-ring (bicyclic) bond motifs is 2. The van der Waals surface area contributed by atoms with Gasteiger partial charge in [-0.25, -0.2) is 13.2 Å². The van der Waals surface area contributed by atoms with Crippen LogP contribution in [0.1, 0.15) is 21.5 Å². The number of carboxylic acids is 1. The van der Waals surface area contributed by atoms with Crippen molar-refractivity contribution in [2.75, 3.05) is 5.32 Å². The molecule has 2 aromatic carbocycles. The minimum absolute atomic E-state index is 0.00237. The normalized spacial score (nSPS) is 14.2. The van der Waals surface area contributed by atoms with Crippen LogP contribution < -0.4 is 5.32 Å². The number of nitro groups is 1. The van der Waals surface area contributed by atoms with E-state index in [1.54, 1.807) is 26.0 Å². The average Bonchev–Trinajstić information content (AvgIpc) is 2.44. The second-order valence-electron chi connectivity index (χ2n) is 5.52. The number of carbonyl (C=O) groups is 1. The smallest absolute Gasteiger partial charge is 0.338 e. The first-order valence-corrected chi connectivity index (χ1v) is 8.30. The Balaban J connectivity index is 2.42. The summed E-state index contributed by atoms with van der Waals surface area (Å²) in [6.45, 7) is 3.40. The molecule has 1 aliphatic heterocycles. The number of sulfone groups is 1. The highest BCUT2D eigenvalue weighted by Gasteiger charge is 2.36. The van der Waals surface area contributed by atoms with Crippen LogP contribution in [0.4, 0.5) is 17.1 Å². The van der Waals surface area contributed by atoms with Crippen LogP contribution in [0.3, 0.4) is 0 Å². The van der Waals surface area contributed by atoms with Gasteiger partial charge in [-0.1, -0.05) is 6.07 Å². The summed E-state index contributed by atoms with van der Waals surface area (Å²) in [6.07, 6.45) is 0. The molecule has 1 heterocycles. The molecule has 0 saturated heterocycles. The van der Waals surface area contributed by atoms with Crippen molar-refractivity contribution < 1.29 is 23.2 Å². The molecule has 0 unspecified atom stereocenters. The number of carboxylic acid groups (broad SMARTS) is 1. The second kappa shape index (κ2) is 5.03. The highest BCUT2D eigenvalue weighted by molar-refractivity contribution is 7.92. The molecule has 1 aliphatic rings. The summed E-state index contributed by atoms with van der Waals surface area (Å²) in [5.74, 6) is -1.45. The Morgan fingerprint density at radius 3 is 2.46 bits per heavy atom. The zero-order chi connectivity index (χ0) is 17.8. The third kappa shape index (κ3) is 2.21. The van der Waals surface area contributed by atoms with Crippen molar-refractivity contribution in [3.63, 3.8) is 0 Å². The number of anilines is 2. The van der Waals surface area contributed by atoms with E-state index in [0.717, 1.165) is 17.7 Å². The lowest BCUT2D eigenvalue weighted by Gasteiger charge is -2.24. The molecule has 3 rings (SSSR count). The molecule has 0 atom stereocenters. The van der Waals surface area contributed by atoms with Crippen molar-refractivity contribution >= 4 is 32.9 Å². The van der Waals surface area contributed by atoms with Crippen LogP contribution in [0.25, 0.3) is 0 Å². The Bertz CT molecular complexity index is 1030. The van der Waals surface area contributed by atoms with E-state index < -0.39 is 36.9 Å². The number of non-ortho nitro benzene ring substituents is 1. The third-order valence-electron chi connectivity index (χ3n) is 3.77. The quantitative estimate of drug-likeness (QED) is 0.538. The van der Waals surface area contributed by atoms with Crippen molar-refractivity contribution in [2.24, 2.45) is 0 Å². The first-order valence-electron chi connectivity index (χ1n) is 6.82. The summed E-state index contributed by atoms with van der Waals surface area (Å²) in [4.78, 5) is 21.2. The predicted molar refractivity (Wildman–Crippen MR) is 84.7 cm³/mol. The summed E-state index contributed by atoms with van der Waals surface area (Å²) in [7, 11) is -4.09. The largest absolute Gasteiger partial charge is 0.478 e. The van der Waals surface area contributed by atoms with Gasteiger partial charge in [0.1, 0.15) is 4.90 Å². The number of aromatic carboxylic acids is 1. The second-order valence-corrected chi connectivity index (χ2v) is 7.37. The molecule has 2 aromatic rings. The van der Waals surface area contributed by atoms with E-state index in [1.807, 2.05) is 0 Å². The first kappa shape index (κ1) is 15.9. The molecule has 9 heteroatoms. The summed E-state index contributed by atoms with van der Waals surface area (Å²) < 4.78 is 25.8. The third-order valence-corrected chi connectivity index (χ3v) is 5.75. The molecular formula is C15H12N2O6S. The molecule has 0 spiro atoms. The van der Waals surface area contributed by atoms with Gasteiger partial charge in [-0.3, -0.25) is 10.1 Å². The van der Waals surface area contributed by atoms with Gasteiger partial charge in [0.05, 0.1) is 26.8 Å². The Kier molecular flexibility index (Phi) is 3.34. The van der Waals surface area contributed by atoms with E-state index in [0.29, 0.717) is 5.56 Å². The van der Waals surface area contributed by atoms with Crippen molar-refractivity contribution in [3.8, 4) is 0 Å². The number of nitrogens with one attached hydrogen (secondary N) is 1. The number of nitrogens with zero attached hydrogens (tertiary/aromatic N) is 1. The van der Waals surface area contributed by atoms with Gasteiger partial charge < -0.3 is 10.4 Å². The number of hydrogen-bond acceptors (Lipinski definition) is 6. The minimum Gasteiger partial charge on any atom is -0.478 e. The van der Waals surface area contributed by atoms with Gasteiger partial charge in [0.2, 0.25) is 9.84 Å². The highest BCUT2D eigenvalue weighted by atomic mass is 32.2. The van der Waals surface area contributed by atoms with Gasteiger partial charge in [0.15, 0.2) is 0 Å². The van der Waals surface area contributed by atoms with E-state index in [9.17, 15) is 28.4 Å². The van der Waals surface area contributed by atoms with Crippen LogP contribution in [0.2, 0.25) is 0 Å². The Morgan fingerprint density at radius 2 is 1.88 bits per heavy atom. The summed E-state index contributed by atoms with van der Waals surface area (Å²) in [5, 5.41) is 23.2. The molecule has 24 heavy (non-hydrogen) atoms. The predicted octanol–water partition coefficient (Wildman–Crippen LogP) is 2.80. The van der Waals surface area contributed by atoms with Crippen LogP contribution in [0.15, 0.2) is 34.1 Å². The van der Waals surface area contributed by atoms with Crippen LogP contribution in [-0.4, -0.2) is 24.4 Å². The van der Waals surface area contributed by atoms with Gasteiger partial charge in [-0.2, -0.15) is 0 Å². The number of benzene rings is 2. The fraction of sp³-hybridized carbons (Fsp3) is 0.133. The molecule has 0 fully saturated rings. The maximum Gasteiger partial charge on any atom is 0.338 e. The fourth-order valence-electron chi connectivity index (χ4n) is 2.86. The molecule has 0 saturated carbocycles. The topological polar surface area (TPSA) is 127 Å². The molecule has 2 N–H and O–H groups in total. The maximum absolute atomic E-state index is 12.9. The number of hydrogen-bond donors (Lipinski definition) is 2. The number of aryl methyl sites for hydroxylation is 2. The average molecular weight is 348 g/mol. The Labute approximate surface area is 136 Å². The Morgan fingerprint density at radius 1 is 1.21 bits per heavy atom. The molecule has 0 aliphatic carbocycles. The molecule has 124 valence electrons. The molecule has 0 amide bonds. The van der Waals surface area contributed by atoms with Crippen molar-refractivity contribution in [2.45, 2.75) is 23.6 Å². The SMILES string of the molecule is Cc1cc(C)c2c(c1)Nc1c(C(=O)O)cc([N+](=O)[O-])cc1S2(=O)=O. The van der Waals surface area contributed by atoms with Crippen LogP contribution in [0.5, 0.6) is 0 Å². The zero-order valence-electron chi connectivity index (χ0n) is 12.7. The van der Waals surface area contributed by atoms with E-state index in [4.69, 9.17) is 0 Å². The molecule has 0 radical (unpaired) electrons. The van der Waals surface area contributed by atoms with Gasteiger partial charge in [0, 0.05) is 12.1 Å². The van der Waals surface area contributed by atoms with Crippen LogP contribution in [0, 0.1) is 24.0 Å². The molecule has 0 bridgehead atoms. The Hall–Kier alpha value is -2.94. The standard InChI is InChI=1S/C15H12N2O6S/c1-7-3-8(2)14-11(4-7)16-13-10(15(18)19)5-9(17(20)21)6-12(13)24(14,22)23/h3-6,16H,1-2H3,(H,18,19). The molecule has 8 nitrogen and oxygen atoms in total. The van der Waals surface area contributed by atoms with E-state index in [2.05, 4.69) is 5.32 Å². The fourth-order valence-corrected chi connectivity index (χ4v) is 4.67. The lowest BCUT2D eigenvalue weighted by Crippen LogP contribution is -2.18. The summed E-state index contributed by atoms with van der Waals surface area (Å²) in [5.41, 5.74) is 0.321. The maximum atomic E-state index is 12.9. The summed E-state index contributed by atoms with van der Waals surface area (Å²) >= 11 is 0. The van der Waals surface area contributed by atoms with Crippen molar-refractivity contribution in [3.05, 3.63) is 51.1 Å². The zero-order valence-corrected chi connectivity index (χ0v) is 13.5. The van der Waals surface area contributed by atoms with Crippen molar-refractivity contribution in [1.82, 2.24) is 0 Å². The van der Waals surface area contributed by atoms with Crippen molar-refractivity contribution in [1.29, 1.82) is 0 Å². The number of nitro benzene ring substituents is 1. The van der Waals surface area contributed by atoms with Crippen LogP contribution in [-0.2, 0) is 9.84 Å². The van der Waals surface area contributed by atoms with Gasteiger partial charge >= 0.3 is 5.97 Å². The van der Waals surface area contributed by atoms with Gasteiger partial charge in [0.25, 0.3) is 5.69 Å². The van der Waals surface area contributed by atoms with Gasteiger partial charge in [-0.15, -0.1) is 0 Å². The summed E-state index contributed by atoms with van der Waals surface area (Å²) in [6, 6.07) is 5.00. The monoisotopic (exact) mass is 348 g/mol. The molecule has 0 aromatic heterocycles. The highest BCUT2D eigenvalue weighted by Crippen LogP contribution is 2.44. The van der Waals surface area contributed by atoms with E-state index in [1.165, 1.54) is 0 Å². The molecular weight excluding hydrogens is 336 g/mol. The van der Waals surface area contributed by atoms with E-state index in [-0.39, 0.29) is 16.3 Å². The van der Waals surface area contributed by atoms with Gasteiger partial charge in [-0.05, 0) is 31.0 Å². The first-order chi connectivity index (χ1) is 11.1.